The maximum Gasteiger partial charge on any atom is 0.215 e. The van der Waals surface area contributed by atoms with Crippen LogP contribution in [0, 0.1) is 0 Å². The van der Waals surface area contributed by atoms with Gasteiger partial charge in [-0.05, 0) is 11.1 Å². The number of H-pyrrole nitrogens is 1. The number of aliphatic hydroxyl groups is 1. The van der Waals surface area contributed by atoms with Crippen molar-refractivity contribution >= 4 is 10.0 Å². The molecule has 0 saturated carbocycles. The predicted octanol–water partition coefficient (Wildman–Crippen LogP) is -0.0409. The molecule has 7 nitrogen and oxygen atoms in total. The number of aromatic amines is 1. The summed E-state index contributed by atoms with van der Waals surface area (Å²) in [6.07, 6.45) is 1.84. The number of rotatable bonds is 7. The monoisotopic (exact) mass is 296 g/mol. The van der Waals surface area contributed by atoms with Crippen LogP contribution in [0.2, 0.25) is 0 Å². The zero-order valence-electron chi connectivity index (χ0n) is 10.8. The summed E-state index contributed by atoms with van der Waals surface area (Å²) in [5, 5.41) is 15.3. The van der Waals surface area contributed by atoms with E-state index in [2.05, 4.69) is 19.9 Å². The Bertz CT molecular complexity index is 623. The molecule has 1 aromatic heterocycles. The van der Waals surface area contributed by atoms with Crippen LogP contribution in [0.15, 0.2) is 30.6 Å². The highest BCUT2D eigenvalue weighted by Gasteiger charge is 2.11. The van der Waals surface area contributed by atoms with Gasteiger partial charge in [-0.3, -0.25) is 5.10 Å². The van der Waals surface area contributed by atoms with E-state index in [1.807, 2.05) is 0 Å². The van der Waals surface area contributed by atoms with Crippen LogP contribution in [0.3, 0.4) is 0 Å². The minimum absolute atomic E-state index is 0.0531. The lowest BCUT2D eigenvalue weighted by atomic mass is 10.2. The first kappa shape index (κ1) is 14.6. The Hall–Kier alpha value is -1.77. The molecule has 0 aliphatic carbocycles. The van der Waals surface area contributed by atoms with Crippen molar-refractivity contribution in [2.45, 2.75) is 18.8 Å². The van der Waals surface area contributed by atoms with Gasteiger partial charge in [0.25, 0.3) is 0 Å². The van der Waals surface area contributed by atoms with E-state index >= 15 is 0 Å². The normalized spacial score (nSPS) is 11.7. The lowest BCUT2D eigenvalue weighted by molar-refractivity contribution is 0.282. The molecule has 0 radical (unpaired) electrons. The smallest absolute Gasteiger partial charge is 0.215 e. The van der Waals surface area contributed by atoms with E-state index in [0.29, 0.717) is 17.8 Å². The van der Waals surface area contributed by atoms with Gasteiger partial charge in [-0.15, -0.1) is 0 Å². The molecule has 0 bridgehead atoms. The molecule has 1 heterocycles. The molecule has 2 rings (SSSR count). The molecule has 0 fully saturated rings. The van der Waals surface area contributed by atoms with Crippen LogP contribution in [-0.4, -0.2) is 35.3 Å². The summed E-state index contributed by atoms with van der Waals surface area (Å²) in [6.45, 7) is 0.217. The number of hydrogen-bond donors (Lipinski definition) is 3. The molecular formula is C12H16N4O3S. The summed E-state index contributed by atoms with van der Waals surface area (Å²) in [5.41, 5.74) is 1.43. The number of benzene rings is 1. The van der Waals surface area contributed by atoms with Crippen molar-refractivity contribution in [1.29, 1.82) is 0 Å². The van der Waals surface area contributed by atoms with Gasteiger partial charge in [-0.25, -0.2) is 18.1 Å². The quantitative estimate of drug-likeness (QED) is 0.664. The third kappa shape index (κ3) is 4.41. The van der Waals surface area contributed by atoms with Crippen molar-refractivity contribution in [2.24, 2.45) is 0 Å². The molecule has 0 atom stereocenters. The van der Waals surface area contributed by atoms with Crippen molar-refractivity contribution in [3.63, 3.8) is 0 Å². The fourth-order valence-corrected chi connectivity index (χ4v) is 2.83. The number of nitrogens with one attached hydrogen (secondary N) is 2. The molecule has 0 spiro atoms. The van der Waals surface area contributed by atoms with Crippen LogP contribution in [0.4, 0.5) is 0 Å². The molecule has 0 unspecified atom stereocenters. The lowest BCUT2D eigenvalue weighted by Crippen LogP contribution is -2.27. The van der Waals surface area contributed by atoms with E-state index in [0.717, 1.165) is 5.56 Å². The van der Waals surface area contributed by atoms with Gasteiger partial charge in [-0.1, -0.05) is 24.3 Å². The van der Waals surface area contributed by atoms with Gasteiger partial charge in [0, 0.05) is 13.0 Å². The largest absolute Gasteiger partial charge is 0.392 e. The van der Waals surface area contributed by atoms with E-state index in [9.17, 15) is 8.42 Å². The van der Waals surface area contributed by atoms with Gasteiger partial charge in [0.1, 0.15) is 12.2 Å². The van der Waals surface area contributed by atoms with Crippen molar-refractivity contribution in [3.05, 3.63) is 47.5 Å². The van der Waals surface area contributed by atoms with E-state index in [1.54, 1.807) is 24.3 Å². The van der Waals surface area contributed by atoms with Gasteiger partial charge in [0.15, 0.2) is 0 Å². The Morgan fingerprint density at radius 3 is 2.50 bits per heavy atom. The first-order chi connectivity index (χ1) is 9.59. The standard InChI is InChI=1S/C12H16N4O3S/c17-7-10-1-3-11(4-2-10)8-20(18,19)15-6-5-12-13-9-14-16-12/h1-4,9,15,17H,5-8H2,(H,13,14,16). The average Bonchev–Trinajstić information content (AvgIpc) is 2.92. The van der Waals surface area contributed by atoms with Crippen LogP contribution in [0.25, 0.3) is 0 Å². The van der Waals surface area contributed by atoms with Crippen LogP contribution < -0.4 is 4.72 Å². The Kier molecular flexibility index (Phi) is 4.83. The minimum Gasteiger partial charge on any atom is -0.392 e. The summed E-state index contributed by atoms with van der Waals surface area (Å²) in [7, 11) is -3.38. The second-order valence-electron chi connectivity index (χ2n) is 4.31. The van der Waals surface area contributed by atoms with Crippen molar-refractivity contribution < 1.29 is 13.5 Å². The Morgan fingerprint density at radius 1 is 1.20 bits per heavy atom. The number of aromatic nitrogens is 3. The molecule has 0 amide bonds. The van der Waals surface area contributed by atoms with Gasteiger partial charge >= 0.3 is 0 Å². The maximum absolute atomic E-state index is 11.9. The average molecular weight is 296 g/mol. The maximum atomic E-state index is 11.9. The first-order valence-electron chi connectivity index (χ1n) is 6.09. The summed E-state index contributed by atoms with van der Waals surface area (Å²) < 4.78 is 26.3. The summed E-state index contributed by atoms with van der Waals surface area (Å²) in [4.78, 5) is 3.91. The number of aliphatic hydroxyl groups excluding tert-OH is 1. The highest BCUT2D eigenvalue weighted by molar-refractivity contribution is 7.88. The predicted molar refractivity (Wildman–Crippen MR) is 73.1 cm³/mol. The molecule has 0 aliphatic rings. The van der Waals surface area contributed by atoms with Crippen molar-refractivity contribution in [1.82, 2.24) is 19.9 Å². The van der Waals surface area contributed by atoms with Crippen LogP contribution >= 0.6 is 0 Å². The van der Waals surface area contributed by atoms with Gasteiger partial charge in [0.2, 0.25) is 10.0 Å². The van der Waals surface area contributed by atoms with Crippen LogP contribution in [-0.2, 0) is 28.8 Å². The number of sulfonamides is 1. The molecule has 20 heavy (non-hydrogen) atoms. The Morgan fingerprint density at radius 2 is 1.90 bits per heavy atom. The van der Waals surface area contributed by atoms with Crippen LogP contribution in [0.1, 0.15) is 17.0 Å². The van der Waals surface area contributed by atoms with E-state index in [-0.39, 0.29) is 18.9 Å². The second-order valence-corrected chi connectivity index (χ2v) is 6.12. The van der Waals surface area contributed by atoms with Gasteiger partial charge < -0.3 is 5.11 Å². The summed E-state index contributed by atoms with van der Waals surface area (Å²) in [6, 6.07) is 6.81. The lowest BCUT2D eigenvalue weighted by Gasteiger charge is -2.06. The third-order valence-corrected chi connectivity index (χ3v) is 4.07. The van der Waals surface area contributed by atoms with Crippen molar-refractivity contribution in [3.8, 4) is 0 Å². The molecule has 2 aromatic rings. The zero-order chi connectivity index (χ0) is 14.4. The molecule has 108 valence electrons. The summed E-state index contributed by atoms with van der Waals surface area (Å²) in [5.74, 6) is 0.551. The van der Waals surface area contributed by atoms with Gasteiger partial charge in [-0.2, -0.15) is 5.10 Å². The van der Waals surface area contributed by atoms with E-state index in [1.165, 1.54) is 6.33 Å². The molecule has 3 N–H and O–H groups in total. The molecular weight excluding hydrogens is 280 g/mol. The highest BCUT2D eigenvalue weighted by atomic mass is 32.2. The minimum atomic E-state index is -3.38. The molecule has 1 aromatic carbocycles. The Balaban J connectivity index is 1.86. The highest BCUT2D eigenvalue weighted by Crippen LogP contribution is 2.07. The zero-order valence-corrected chi connectivity index (χ0v) is 11.6. The van der Waals surface area contributed by atoms with Gasteiger partial charge in [0.05, 0.1) is 12.4 Å². The van der Waals surface area contributed by atoms with Crippen LogP contribution in [0.5, 0.6) is 0 Å². The molecule has 0 aliphatic heterocycles. The Labute approximate surface area is 117 Å². The second kappa shape index (κ2) is 6.60. The number of hydrogen-bond acceptors (Lipinski definition) is 5. The SMILES string of the molecule is O=S(=O)(Cc1ccc(CO)cc1)NCCc1ncn[nH]1. The van der Waals surface area contributed by atoms with E-state index < -0.39 is 10.0 Å². The molecule has 0 saturated heterocycles. The third-order valence-electron chi connectivity index (χ3n) is 2.71. The fraction of sp³-hybridized carbons (Fsp3) is 0.333. The fourth-order valence-electron chi connectivity index (χ4n) is 1.69. The summed E-state index contributed by atoms with van der Waals surface area (Å²) >= 11 is 0. The number of nitrogens with zero attached hydrogens (tertiary/aromatic N) is 2. The topological polar surface area (TPSA) is 108 Å². The van der Waals surface area contributed by atoms with E-state index in [4.69, 9.17) is 5.11 Å². The van der Waals surface area contributed by atoms with Crippen molar-refractivity contribution in [2.75, 3.05) is 6.54 Å². The molecule has 8 heteroatoms. The first-order valence-corrected chi connectivity index (χ1v) is 7.74.